The van der Waals surface area contributed by atoms with E-state index in [1.165, 1.54) is 7.11 Å². The van der Waals surface area contributed by atoms with Crippen LogP contribution in [0.15, 0.2) is 12.2 Å². The molecule has 0 amide bonds. The molecule has 1 atom stereocenters. The van der Waals surface area contributed by atoms with Gasteiger partial charge in [0, 0.05) is 0 Å². The summed E-state index contributed by atoms with van der Waals surface area (Å²) in [6.07, 6.45) is 2.90. The van der Waals surface area contributed by atoms with Crippen LogP contribution in [-0.2, 0) is 9.53 Å². The van der Waals surface area contributed by atoms with Gasteiger partial charge in [-0.05, 0) is 6.42 Å². The molecule has 0 fully saturated rings. The van der Waals surface area contributed by atoms with Gasteiger partial charge < -0.3 is 9.84 Å². The van der Waals surface area contributed by atoms with Crippen molar-refractivity contribution in [3.63, 3.8) is 0 Å². The summed E-state index contributed by atoms with van der Waals surface area (Å²) in [6.45, 7) is 5.56. The van der Waals surface area contributed by atoms with Gasteiger partial charge >= 0.3 is 5.97 Å². The highest BCUT2D eigenvalue weighted by Crippen LogP contribution is 2.10. The van der Waals surface area contributed by atoms with E-state index in [-0.39, 0.29) is 5.57 Å². The summed E-state index contributed by atoms with van der Waals surface area (Å²) in [7, 11) is 1.28. The van der Waals surface area contributed by atoms with Crippen LogP contribution in [0.4, 0.5) is 0 Å². The summed E-state index contributed by atoms with van der Waals surface area (Å²) in [4.78, 5) is 10.9. The van der Waals surface area contributed by atoms with Crippen molar-refractivity contribution >= 4 is 5.97 Å². The molecule has 0 aliphatic carbocycles. The number of ether oxygens (including phenoxy) is 1. The van der Waals surface area contributed by atoms with Gasteiger partial charge in [0.05, 0.1) is 18.8 Å². The molecular formula is C10H18O3. The highest BCUT2D eigenvalue weighted by atomic mass is 16.5. The van der Waals surface area contributed by atoms with Crippen LogP contribution in [0.1, 0.15) is 32.6 Å². The van der Waals surface area contributed by atoms with E-state index in [1.54, 1.807) is 0 Å². The lowest BCUT2D eigenvalue weighted by Crippen LogP contribution is -2.18. The summed E-state index contributed by atoms with van der Waals surface area (Å²) >= 11 is 0. The number of unbranched alkanes of at least 4 members (excludes halogenated alkanes) is 2. The normalized spacial score (nSPS) is 12.2. The molecule has 1 unspecified atom stereocenters. The highest BCUT2D eigenvalue weighted by Gasteiger charge is 2.15. The van der Waals surface area contributed by atoms with E-state index in [9.17, 15) is 9.90 Å². The lowest BCUT2D eigenvalue weighted by atomic mass is 10.0. The van der Waals surface area contributed by atoms with Crippen molar-refractivity contribution in [3.8, 4) is 0 Å². The fourth-order valence-corrected chi connectivity index (χ4v) is 1.03. The van der Waals surface area contributed by atoms with Crippen LogP contribution in [0.2, 0.25) is 0 Å². The number of carbonyl (C=O) groups excluding carboxylic acids is 1. The molecule has 0 heterocycles. The van der Waals surface area contributed by atoms with E-state index in [0.29, 0.717) is 6.42 Å². The van der Waals surface area contributed by atoms with Crippen molar-refractivity contribution in [3.05, 3.63) is 12.2 Å². The third-order valence-electron chi connectivity index (χ3n) is 1.93. The summed E-state index contributed by atoms with van der Waals surface area (Å²) in [5.74, 6) is -0.524. The van der Waals surface area contributed by atoms with Gasteiger partial charge in [-0.15, -0.1) is 0 Å². The molecule has 0 saturated heterocycles. The van der Waals surface area contributed by atoms with E-state index < -0.39 is 12.1 Å². The molecular weight excluding hydrogens is 168 g/mol. The smallest absolute Gasteiger partial charge is 0.335 e. The van der Waals surface area contributed by atoms with Crippen LogP contribution >= 0.6 is 0 Å². The molecule has 0 saturated carbocycles. The minimum Gasteiger partial charge on any atom is -0.466 e. The number of rotatable bonds is 6. The van der Waals surface area contributed by atoms with E-state index in [4.69, 9.17) is 0 Å². The Hall–Kier alpha value is -0.830. The van der Waals surface area contributed by atoms with Crippen LogP contribution < -0.4 is 0 Å². The predicted octanol–water partition coefficient (Wildman–Crippen LogP) is 1.66. The minimum atomic E-state index is -0.751. The number of hydrogen-bond acceptors (Lipinski definition) is 3. The van der Waals surface area contributed by atoms with E-state index in [2.05, 4.69) is 18.2 Å². The van der Waals surface area contributed by atoms with Crippen LogP contribution in [0.5, 0.6) is 0 Å². The van der Waals surface area contributed by atoms with Crippen LogP contribution in [-0.4, -0.2) is 24.3 Å². The Labute approximate surface area is 79.4 Å². The first kappa shape index (κ1) is 12.2. The van der Waals surface area contributed by atoms with Gasteiger partial charge in [0.15, 0.2) is 0 Å². The van der Waals surface area contributed by atoms with E-state index in [1.807, 2.05) is 0 Å². The van der Waals surface area contributed by atoms with E-state index in [0.717, 1.165) is 19.3 Å². The average Bonchev–Trinajstić information content (AvgIpc) is 2.15. The molecule has 0 bridgehead atoms. The lowest BCUT2D eigenvalue weighted by molar-refractivity contribution is -0.137. The lowest BCUT2D eigenvalue weighted by Gasteiger charge is -2.10. The molecule has 0 aliphatic rings. The number of carbonyl (C=O) groups is 1. The Morgan fingerprint density at radius 2 is 2.15 bits per heavy atom. The Morgan fingerprint density at radius 1 is 1.54 bits per heavy atom. The van der Waals surface area contributed by atoms with Gasteiger partial charge in [0.25, 0.3) is 0 Å². The standard InChI is InChI=1S/C10H18O3/c1-4-5-6-7-9(11)8(2)10(12)13-3/h9,11H,2,4-7H2,1,3H3. The van der Waals surface area contributed by atoms with Crippen molar-refractivity contribution in [2.24, 2.45) is 0 Å². The first-order valence-electron chi connectivity index (χ1n) is 4.58. The second-order valence-electron chi connectivity index (χ2n) is 3.03. The second-order valence-corrected chi connectivity index (χ2v) is 3.03. The fourth-order valence-electron chi connectivity index (χ4n) is 1.03. The Balaban J connectivity index is 3.76. The third kappa shape index (κ3) is 4.68. The van der Waals surface area contributed by atoms with Gasteiger partial charge in [-0.25, -0.2) is 4.79 Å². The maximum Gasteiger partial charge on any atom is 0.335 e. The van der Waals surface area contributed by atoms with Gasteiger partial charge in [-0.2, -0.15) is 0 Å². The largest absolute Gasteiger partial charge is 0.466 e. The fraction of sp³-hybridized carbons (Fsp3) is 0.700. The quantitative estimate of drug-likeness (QED) is 0.390. The van der Waals surface area contributed by atoms with Crippen molar-refractivity contribution in [2.45, 2.75) is 38.7 Å². The van der Waals surface area contributed by atoms with Gasteiger partial charge in [0.2, 0.25) is 0 Å². The Morgan fingerprint density at radius 3 is 2.62 bits per heavy atom. The van der Waals surface area contributed by atoms with Crippen molar-refractivity contribution in [2.75, 3.05) is 7.11 Å². The van der Waals surface area contributed by atoms with Gasteiger partial charge in [-0.3, -0.25) is 0 Å². The van der Waals surface area contributed by atoms with Gasteiger partial charge in [-0.1, -0.05) is 32.8 Å². The minimum absolute atomic E-state index is 0.151. The molecule has 3 heteroatoms. The zero-order valence-corrected chi connectivity index (χ0v) is 8.38. The molecule has 0 spiro atoms. The highest BCUT2D eigenvalue weighted by molar-refractivity contribution is 5.88. The molecule has 1 N–H and O–H groups in total. The number of aliphatic hydroxyl groups excluding tert-OH is 1. The molecule has 0 rings (SSSR count). The average molecular weight is 186 g/mol. The molecule has 76 valence electrons. The van der Waals surface area contributed by atoms with Crippen LogP contribution in [0.25, 0.3) is 0 Å². The summed E-state index contributed by atoms with van der Waals surface area (Å²) in [6, 6.07) is 0. The van der Waals surface area contributed by atoms with Crippen LogP contribution in [0, 0.1) is 0 Å². The number of aliphatic hydroxyl groups is 1. The molecule has 0 aromatic carbocycles. The first-order chi connectivity index (χ1) is 6.13. The van der Waals surface area contributed by atoms with E-state index >= 15 is 0 Å². The second kappa shape index (κ2) is 6.66. The summed E-state index contributed by atoms with van der Waals surface area (Å²) in [5, 5.41) is 9.45. The number of esters is 1. The molecule has 3 nitrogen and oxygen atoms in total. The summed E-state index contributed by atoms with van der Waals surface area (Å²) < 4.78 is 4.44. The Bertz CT molecular complexity index is 175. The number of hydrogen-bond donors (Lipinski definition) is 1. The van der Waals surface area contributed by atoms with Gasteiger partial charge in [0.1, 0.15) is 0 Å². The third-order valence-corrected chi connectivity index (χ3v) is 1.93. The SMILES string of the molecule is C=C(C(=O)OC)C(O)CCCCC. The molecule has 0 aromatic rings. The summed E-state index contributed by atoms with van der Waals surface area (Å²) in [5.41, 5.74) is 0.151. The number of methoxy groups -OCH3 is 1. The zero-order valence-electron chi connectivity index (χ0n) is 8.38. The molecule has 0 aliphatic heterocycles. The monoisotopic (exact) mass is 186 g/mol. The van der Waals surface area contributed by atoms with Crippen molar-refractivity contribution < 1.29 is 14.6 Å². The van der Waals surface area contributed by atoms with Crippen molar-refractivity contribution in [1.82, 2.24) is 0 Å². The zero-order chi connectivity index (χ0) is 10.3. The molecule has 0 aromatic heterocycles. The van der Waals surface area contributed by atoms with Crippen molar-refractivity contribution in [1.29, 1.82) is 0 Å². The first-order valence-corrected chi connectivity index (χ1v) is 4.58. The molecule has 13 heavy (non-hydrogen) atoms. The maximum atomic E-state index is 10.9. The Kier molecular flexibility index (Phi) is 6.24. The molecule has 0 radical (unpaired) electrons. The predicted molar refractivity (Wildman–Crippen MR) is 51.3 cm³/mol. The van der Waals surface area contributed by atoms with Crippen LogP contribution in [0.3, 0.4) is 0 Å². The topological polar surface area (TPSA) is 46.5 Å². The maximum absolute atomic E-state index is 10.9.